The number of halogens is 2. The standard InChI is InChI=1S/C16H17ClFNO2/c17-14-6-2-7-15(18)16(14)21-9-3-8-20-13-5-1-4-12(10-13)11-19/h1-2,4-7,10H,3,8-9,11,19H2. The van der Waals surface area contributed by atoms with Crippen molar-refractivity contribution >= 4 is 11.6 Å². The summed E-state index contributed by atoms with van der Waals surface area (Å²) in [6.07, 6.45) is 0.623. The molecule has 0 aliphatic heterocycles. The molecule has 2 rings (SSSR count). The lowest BCUT2D eigenvalue weighted by Gasteiger charge is -2.10. The Bertz CT molecular complexity index is 572. The quantitative estimate of drug-likeness (QED) is 0.792. The van der Waals surface area contributed by atoms with Gasteiger partial charge in [-0.25, -0.2) is 4.39 Å². The van der Waals surface area contributed by atoms with Crippen LogP contribution in [0, 0.1) is 5.82 Å². The Hall–Kier alpha value is -1.78. The van der Waals surface area contributed by atoms with E-state index in [0.717, 1.165) is 11.3 Å². The van der Waals surface area contributed by atoms with Gasteiger partial charge in [0.15, 0.2) is 11.6 Å². The monoisotopic (exact) mass is 309 g/mol. The van der Waals surface area contributed by atoms with Crippen LogP contribution < -0.4 is 15.2 Å². The van der Waals surface area contributed by atoms with Crippen molar-refractivity contribution in [1.82, 2.24) is 0 Å². The van der Waals surface area contributed by atoms with Gasteiger partial charge in [-0.3, -0.25) is 0 Å². The van der Waals surface area contributed by atoms with Crippen molar-refractivity contribution in [2.45, 2.75) is 13.0 Å². The second kappa shape index (κ2) is 7.86. The Morgan fingerprint density at radius 1 is 1.05 bits per heavy atom. The Labute approximate surface area is 128 Å². The van der Waals surface area contributed by atoms with E-state index in [0.29, 0.717) is 26.2 Å². The topological polar surface area (TPSA) is 44.5 Å². The zero-order chi connectivity index (χ0) is 15.1. The van der Waals surface area contributed by atoms with E-state index in [4.69, 9.17) is 26.8 Å². The molecule has 2 aromatic carbocycles. The van der Waals surface area contributed by atoms with Crippen molar-refractivity contribution in [2.24, 2.45) is 5.73 Å². The van der Waals surface area contributed by atoms with Crippen molar-refractivity contribution in [2.75, 3.05) is 13.2 Å². The van der Waals surface area contributed by atoms with Gasteiger partial charge in [-0.1, -0.05) is 29.8 Å². The van der Waals surface area contributed by atoms with Gasteiger partial charge >= 0.3 is 0 Å². The third-order valence-corrected chi connectivity index (χ3v) is 3.15. The van der Waals surface area contributed by atoms with Gasteiger partial charge in [0.05, 0.1) is 18.2 Å². The van der Waals surface area contributed by atoms with Crippen molar-refractivity contribution in [3.8, 4) is 11.5 Å². The largest absolute Gasteiger partial charge is 0.493 e. The van der Waals surface area contributed by atoms with E-state index in [1.165, 1.54) is 12.1 Å². The molecule has 0 heterocycles. The van der Waals surface area contributed by atoms with Gasteiger partial charge in [0.2, 0.25) is 0 Å². The van der Waals surface area contributed by atoms with Crippen molar-refractivity contribution in [3.63, 3.8) is 0 Å². The SMILES string of the molecule is NCc1cccc(OCCCOc2c(F)cccc2Cl)c1. The first-order chi connectivity index (χ1) is 10.2. The predicted molar refractivity (Wildman–Crippen MR) is 81.4 cm³/mol. The molecule has 0 fully saturated rings. The normalized spacial score (nSPS) is 10.4. The fourth-order valence-corrected chi connectivity index (χ4v) is 2.02. The van der Waals surface area contributed by atoms with E-state index >= 15 is 0 Å². The molecule has 0 aromatic heterocycles. The smallest absolute Gasteiger partial charge is 0.173 e. The molecule has 0 atom stereocenters. The highest BCUT2D eigenvalue weighted by molar-refractivity contribution is 6.32. The van der Waals surface area contributed by atoms with Crippen molar-refractivity contribution in [1.29, 1.82) is 0 Å². The molecule has 0 bridgehead atoms. The fraction of sp³-hybridized carbons (Fsp3) is 0.250. The Morgan fingerprint density at radius 2 is 1.81 bits per heavy atom. The van der Waals surface area contributed by atoms with E-state index in [-0.39, 0.29) is 10.8 Å². The lowest BCUT2D eigenvalue weighted by molar-refractivity contribution is 0.241. The van der Waals surface area contributed by atoms with Crippen LogP contribution in [0.1, 0.15) is 12.0 Å². The lowest BCUT2D eigenvalue weighted by atomic mass is 10.2. The molecule has 2 N–H and O–H groups in total. The lowest BCUT2D eigenvalue weighted by Crippen LogP contribution is -2.06. The summed E-state index contributed by atoms with van der Waals surface area (Å²) in [5.41, 5.74) is 6.58. The highest BCUT2D eigenvalue weighted by atomic mass is 35.5. The van der Waals surface area contributed by atoms with E-state index in [1.807, 2.05) is 24.3 Å². The van der Waals surface area contributed by atoms with Crippen LogP contribution >= 0.6 is 11.6 Å². The molecule has 0 spiro atoms. The van der Waals surface area contributed by atoms with Gasteiger partial charge in [-0.2, -0.15) is 0 Å². The molecule has 2 aromatic rings. The van der Waals surface area contributed by atoms with E-state index < -0.39 is 5.82 Å². The van der Waals surface area contributed by atoms with E-state index in [2.05, 4.69) is 0 Å². The minimum atomic E-state index is -0.459. The van der Waals surface area contributed by atoms with Crippen LogP contribution in [0.15, 0.2) is 42.5 Å². The molecule has 5 heteroatoms. The summed E-state index contributed by atoms with van der Waals surface area (Å²) in [6.45, 7) is 1.28. The summed E-state index contributed by atoms with van der Waals surface area (Å²) in [5.74, 6) is 0.394. The Morgan fingerprint density at radius 3 is 2.57 bits per heavy atom. The number of benzene rings is 2. The molecule has 112 valence electrons. The average Bonchev–Trinajstić information content (AvgIpc) is 2.50. The highest BCUT2D eigenvalue weighted by Crippen LogP contribution is 2.27. The minimum absolute atomic E-state index is 0.0873. The third-order valence-electron chi connectivity index (χ3n) is 2.86. The second-order valence-electron chi connectivity index (χ2n) is 4.45. The summed E-state index contributed by atoms with van der Waals surface area (Å²) in [6, 6.07) is 12.1. The maximum Gasteiger partial charge on any atom is 0.173 e. The van der Waals surface area contributed by atoms with Gasteiger partial charge in [0.1, 0.15) is 5.75 Å². The zero-order valence-corrected chi connectivity index (χ0v) is 12.3. The number of rotatable bonds is 7. The van der Waals surface area contributed by atoms with Crippen molar-refractivity contribution in [3.05, 3.63) is 58.9 Å². The number of ether oxygens (including phenoxy) is 2. The summed E-state index contributed by atoms with van der Waals surface area (Å²) < 4.78 is 24.4. The molecule has 3 nitrogen and oxygen atoms in total. The maximum atomic E-state index is 13.5. The summed E-state index contributed by atoms with van der Waals surface area (Å²) in [4.78, 5) is 0. The average molecular weight is 310 g/mol. The predicted octanol–water partition coefficient (Wildman–Crippen LogP) is 3.79. The highest BCUT2D eigenvalue weighted by Gasteiger charge is 2.07. The fourth-order valence-electron chi connectivity index (χ4n) is 1.81. The van der Waals surface area contributed by atoms with Crippen LogP contribution in [-0.2, 0) is 6.54 Å². The van der Waals surface area contributed by atoms with Crippen molar-refractivity contribution < 1.29 is 13.9 Å². The molecule has 0 aliphatic carbocycles. The summed E-state index contributed by atoms with van der Waals surface area (Å²) in [7, 11) is 0. The second-order valence-corrected chi connectivity index (χ2v) is 4.86. The molecule has 0 saturated heterocycles. The number of nitrogens with two attached hydrogens (primary N) is 1. The van der Waals surface area contributed by atoms with Gasteiger partial charge in [-0.15, -0.1) is 0 Å². The summed E-state index contributed by atoms with van der Waals surface area (Å²) in [5, 5.41) is 0.270. The molecular formula is C16H17ClFNO2. The molecule has 0 unspecified atom stereocenters. The van der Waals surface area contributed by atoms with Crippen LogP contribution in [0.4, 0.5) is 4.39 Å². The van der Waals surface area contributed by atoms with Crippen LogP contribution in [0.3, 0.4) is 0 Å². The Balaban J connectivity index is 1.75. The number of para-hydroxylation sites is 1. The van der Waals surface area contributed by atoms with E-state index in [1.54, 1.807) is 6.07 Å². The number of hydrogen-bond donors (Lipinski definition) is 1. The van der Waals surface area contributed by atoms with Gasteiger partial charge in [0, 0.05) is 13.0 Å². The molecule has 0 radical (unpaired) electrons. The number of hydrogen-bond acceptors (Lipinski definition) is 3. The van der Waals surface area contributed by atoms with E-state index in [9.17, 15) is 4.39 Å². The molecule has 0 amide bonds. The third kappa shape index (κ3) is 4.62. The minimum Gasteiger partial charge on any atom is -0.493 e. The van der Waals surface area contributed by atoms with Crippen LogP contribution in [0.25, 0.3) is 0 Å². The molecule has 0 saturated carbocycles. The van der Waals surface area contributed by atoms with Gasteiger partial charge in [-0.05, 0) is 29.8 Å². The molecular weight excluding hydrogens is 293 g/mol. The maximum absolute atomic E-state index is 13.5. The molecule has 0 aliphatic rings. The van der Waals surface area contributed by atoms with Crippen LogP contribution in [0.2, 0.25) is 5.02 Å². The van der Waals surface area contributed by atoms with Crippen LogP contribution in [0.5, 0.6) is 11.5 Å². The Kier molecular flexibility index (Phi) is 5.84. The van der Waals surface area contributed by atoms with Gasteiger partial charge in [0.25, 0.3) is 0 Å². The first kappa shape index (κ1) is 15.6. The zero-order valence-electron chi connectivity index (χ0n) is 11.5. The van der Waals surface area contributed by atoms with Crippen LogP contribution in [-0.4, -0.2) is 13.2 Å². The first-order valence-electron chi connectivity index (χ1n) is 6.69. The summed E-state index contributed by atoms with van der Waals surface area (Å²) >= 11 is 5.86. The molecule has 21 heavy (non-hydrogen) atoms. The van der Waals surface area contributed by atoms with Gasteiger partial charge < -0.3 is 15.2 Å². The first-order valence-corrected chi connectivity index (χ1v) is 7.07.